The SMILES string of the molecule is O=C(Cc1ccc(-c2noc(C(F)(F)F)n2)c(F)c1)NN1CCOCC1. The van der Waals surface area contributed by atoms with Crippen LogP contribution in [0.1, 0.15) is 11.5 Å². The number of hydrazine groups is 1. The molecular formula is C15H14F4N4O3. The van der Waals surface area contributed by atoms with Crippen LogP contribution in [0.15, 0.2) is 22.7 Å². The van der Waals surface area contributed by atoms with Gasteiger partial charge in [0, 0.05) is 13.1 Å². The zero-order chi connectivity index (χ0) is 18.7. The Bertz CT molecular complexity index is 787. The number of carbonyl (C=O) groups is 1. The molecule has 140 valence electrons. The lowest BCUT2D eigenvalue weighted by Gasteiger charge is -2.26. The Kier molecular flexibility index (Phi) is 5.18. The van der Waals surface area contributed by atoms with E-state index in [0.717, 1.165) is 6.07 Å². The number of carbonyl (C=O) groups excluding carboxylic acids is 1. The number of aromatic nitrogens is 2. The van der Waals surface area contributed by atoms with Crippen LogP contribution in [-0.4, -0.2) is 47.4 Å². The van der Waals surface area contributed by atoms with E-state index in [2.05, 4.69) is 20.1 Å². The van der Waals surface area contributed by atoms with E-state index in [1.807, 2.05) is 0 Å². The van der Waals surface area contributed by atoms with Gasteiger partial charge in [0.1, 0.15) is 5.82 Å². The van der Waals surface area contributed by atoms with Gasteiger partial charge in [0.25, 0.3) is 0 Å². The quantitative estimate of drug-likeness (QED) is 0.822. The van der Waals surface area contributed by atoms with Crippen molar-refractivity contribution in [1.82, 2.24) is 20.6 Å². The summed E-state index contributed by atoms with van der Waals surface area (Å²) in [5, 5.41) is 4.84. The number of nitrogens with one attached hydrogen (secondary N) is 1. The molecule has 0 saturated carbocycles. The van der Waals surface area contributed by atoms with E-state index in [1.165, 1.54) is 12.1 Å². The number of benzene rings is 1. The highest BCUT2D eigenvalue weighted by molar-refractivity contribution is 5.78. The number of ether oxygens (including phenoxy) is 1. The lowest BCUT2D eigenvalue weighted by molar-refractivity contribution is -0.159. The van der Waals surface area contributed by atoms with Crippen molar-refractivity contribution in [2.24, 2.45) is 0 Å². The Balaban J connectivity index is 1.67. The molecule has 1 aromatic heterocycles. The predicted octanol–water partition coefficient (Wildman–Crippen LogP) is 1.80. The highest BCUT2D eigenvalue weighted by Gasteiger charge is 2.38. The van der Waals surface area contributed by atoms with E-state index in [0.29, 0.717) is 31.9 Å². The van der Waals surface area contributed by atoms with Crippen LogP contribution in [0, 0.1) is 5.82 Å². The average Bonchev–Trinajstić information content (AvgIpc) is 3.06. The van der Waals surface area contributed by atoms with Crippen LogP contribution in [0.3, 0.4) is 0 Å². The van der Waals surface area contributed by atoms with Gasteiger partial charge in [-0.15, -0.1) is 0 Å². The first-order chi connectivity index (χ1) is 12.3. The smallest absolute Gasteiger partial charge is 0.379 e. The minimum Gasteiger partial charge on any atom is -0.379 e. The topological polar surface area (TPSA) is 80.5 Å². The highest BCUT2D eigenvalue weighted by atomic mass is 19.4. The monoisotopic (exact) mass is 374 g/mol. The fraction of sp³-hybridized carbons (Fsp3) is 0.400. The number of amides is 1. The molecule has 2 aromatic rings. The molecule has 0 bridgehead atoms. The summed E-state index contributed by atoms with van der Waals surface area (Å²) < 4.78 is 60.8. The van der Waals surface area contributed by atoms with Crippen molar-refractivity contribution in [3.05, 3.63) is 35.5 Å². The zero-order valence-corrected chi connectivity index (χ0v) is 13.3. The van der Waals surface area contributed by atoms with Crippen LogP contribution < -0.4 is 5.43 Å². The number of nitrogens with zero attached hydrogens (tertiary/aromatic N) is 3. The van der Waals surface area contributed by atoms with Crippen LogP contribution in [-0.2, 0) is 22.1 Å². The van der Waals surface area contributed by atoms with Gasteiger partial charge in [-0.2, -0.15) is 18.2 Å². The number of rotatable bonds is 4. The van der Waals surface area contributed by atoms with Crippen LogP contribution in [0.25, 0.3) is 11.4 Å². The molecule has 1 aliphatic rings. The number of halogens is 4. The molecule has 26 heavy (non-hydrogen) atoms. The fourth-order valence-corrected chi connectivity index (χ4v) is 2.37. The van der Waals surface area contributed by atoms with E-state index in [4.69, 9.17) is 4.74 Å². The third-order valence-corrected chi connectivity index (χ3v) is 3.60. The van der Waals surface area contributed by atoms with E-state index in [9.17, 15) is 22.4 Å². The van der Waals surface area contributed by atoms with Gasteiger partial charge in [-0.25, -0.2) is 9.40 Å². The van der Waals surface area contributed by atoms with Gasteiger partial charge in [-0.05, 0) is 17.7 Å². The number of hydrogen-bond donors (Lipinski definition) is 1. The Hall–Kier alpha value is -2.53. The van der Waals surface area contributed by atoms with Crippen molar-refractivity contribution in [2.75, 3.05) is 26.3 Å². The van der Waals surface area contributed by atoms with Crippen LogP contribution >= 0.6 is 0 Å². The summed E-state index contributed by atoms with van der Waals surface area (Å²) in [6.45, 7) is 2.12. The maximum Gasteiger partial charge on any atom is 0.471 e. The first-order valence-corrected chi connectivity index (χ1v) is 7.65. The molecule has 1 saturated heterocycles. The van der Waals surface area contributed by atoms with Crippen LogP contribution in [0.4, 0.5) is 17.6 Å². The molecule has 0 spiro atoms. The second-order valence-corrected chi connectivity index (χ2v) is 5.55. The summed E-state index contributed by atoms with van der Waals surface area (Å²) in [4.78, 5) is 15.1. The van der Waals surface area contributed by atoms with E-state index in [1.54, 1.807) is 5.01 Å². The molecule has 1 aliphatic heterocycles. The molecule has 0 aliphatic carbocycles. The number of morpholine rings is 1. The van der Waals surface area contributed by atoms with Crippen molar-refractivity contribution in [2.45, 2.75) is 12.6 Å². The summed E-state index contributed by atoms with van der Waals surface area (Å²) >= 11 is 0. The Morgan fingerprint density at radius 3 is 2.62 bits per heavy atom. The standard InChI is InChI=1S/C15H14F4N4O3/c16-11-7-9(8-12(24)21-23-3-5-25-6-4-23)1-2-10(11)13-20-14(26-22-13)15(17,18)19/h1-2,7H,3-6,8H2,(H,21,24). The lowest BCUT2D eigenvalue weighted by atomic mass is 10.1. The largest absolute Gasteiger partial charge is 0.471 e. The van der Waals surface area contributed by atoms with Gasteiger partial charge in [0.05, 0.1) is 25.2 Å². The molecule has 1 amide bonds. The molecule has 1 N–H and O–H groups in total. The Morgan fingerprint density at radius 2 is 2.00 bits per heavy atom. The summed E-state index contributed by atoms with van der Waals surface area (Å²) in [6, 6.07) is 3.68. The van der Waals surface area contributed by atoms with Crippen molar-refractivity contribution in [1.29, 1.82) is 0 Å². The van der Waals surface area contributed by atoms with Crippen LogP contribution in [0.5, 0.6) is 0 Å². The minimum atomic E-state index is -4.81. The zero-order valence-electron chi connectivity index (χ0n) is 13.3. The average molecular weight is 374 g/mol. The molecular weight excluding hydrogens is 360 g/mol. The third-order valence-electron chi connectivity index (χ3n) is 3.60. The Morgan fingerprint density at radius 1 is 1.27 bits per heavy atom. The molecule has 2 heterocycles. The molecule has 3 rings (SSSR count). The van der Waals surface area contributed by atoms with E-state index < -0.39 is 23.7 Å². The third kappa shape index (κ3) is 4.35. The Labute approximate surface area is 144 Å². The molecule has 11 heteroatoms. The predicted molar refractivity (Wildman–Crippen MR) is 78.9 cm³/mol. The summed E-state index contributed by atoms with van der Waals surface area (Å²) in [5.41, 5.74) is 2.79. The molecule has 7 nitrogen and oxygen atoms in total. The van der Waals surface area contributed by atoms with Gasteiger partial charge < -0.3 is 9.26 Å². The fourth-order valence-electron chi connectivity index (χ4n) is 2.37. The van der Waals surface area contributed by atoms with Crippen LogP contribution in [0.2, 0.25) is 0 Å². The van der Waals surface area contributed by atoms with Crippen molar-refractivity contribution in [3.8, 4) is 11.4 Å². The van der Waals surface area contributed by atoms with Crippen molar-refractivity contribution >= 4 is 5.91 Å². The molecule has 1 fully saturated rings. The van der Waals surface area contributed by atoms with Crippen molar-refractivity contribution in [3.63, 3.8) is 0 Å². The molecule has 1 aromatic carbocycles. The second-order valence-electron chi connectivity index (χ2n) is 5.55. The first-order valence-electron chi connectivity index (χ1n) is 7.65. The number of hydrogen-bond acceptors (Lipinski definition) is 6. The first kappa shape index (κ1) is 18.3. The van der Waals surface area contributed by atoms with Gasteiger partial charge in [0.2, 0.25) is 11.7 Å². The van der Waals surface area contributed by atoms with Gasteiger partial charge in [-0.1, -0.05) is 11.2 Å². The second kappa shape index (κ2) is 7.38. The van der Waals surface area contributed by atoms with E-state index >= 15 is 0 Å². The van der Waals surface area contributed by atoms with Gasteiger partial charge >= 0.3 is 12.1 Å². The molecule has 0 atom stereocenters. The maximum atomic E-state index is 14.2. The number of alkyl halides is 3. The minimum absolute atomic E-state index is 0.0887. The summed E-state index contributed by atoms with van der Waals surface area (Å²) in [7, 11) is 0. The normalized spacial score (nSPS) is 15.8. The summed E-state index contributed by atoms with van der Waals surface area (Å²) in [5.74, 6) is -3.26. The van der Waals surface area contributed by atoms with Gasteiger partial charge in [0.15, 0.2) is 0 Å². The van der Waals surface area contributed by atoms with E-state index in [-0.39, 0.29) is 17.9 Å². The van der Waals surface area contributed by atoms with Gasteiger partial charge in [-0.3, -0.25) is 10.2 Å². The lowest BCUT2D eigenvalue weighted by Crippen LogP contribution is -2.48. The molecule has 0 radical (unpaired) electrons. The van der Waals surface area contributed by atoms with Crippen molar-refractivity contribution < 1.29 is 31.6 Å². The highest BCUT2D eigenvalue weighted by Crippen LogP contribution is 2.30. The maximum absolute atomic E-state index is 14.2. The summed E-state index contributed by atoms with van der Waals surface area (Å²) in [6.07, 6.45) is -4.89. The molecule has 0 unspecified atom stereocenters.